The second-order valence-electron chi connectivity index (χ2n) is 4.84. The summed E-state index contributed by atoms with van der Waals surface area (Å²) in [5, 5.41) is 17.8. The van der Waals surface area contributed by atoms with Crippen molar-refractivity contribution in [1.82, 2.24) is 4.90 Å². The number of allylic oxidation sites excluding steroid dienone is 1. The summed E-state index contributed by atoms with van der Waals surface area (Å²) in [5.74, 6) is -2.24. The lowest BCUT2D eigenvalue weighted by atomic mass is 10.1. The van der Waals surface area contributed by atoms with Crippen molar-refractivity contribution in [2.45, 2.75) is 18.9 Å². The zero-order chi connectivity index (χ0) is 17.0. The van der Waals surface area contributed by atoms with Gasteiger partial charge in [0.1, 0.15) is 6.04 Å². The molecule has 2 amide bonds. The molecule has 2 rings (SSSR count). The molecule has 1 aromatic carbocycles. The van der Waals surface area contributed by atoms with Gasteiger partial charge in [-0.3, -0.25) is 14.5 Å². The molecule has 0 aliphatic carbocycles. The van der Waals surface area contributed by atoms with Gasteiger partial charge in [0.25, 0.3) is 11.8 Å². The average Bonchev–Trinajstić information content (AvgIpc) is 2.80. The number of fused-ring (bicyclic) bond motifs is 1. The highest BCUT2D eigenvalue weighted by Gasteiger charge is 2.43. The Kier molecular flexibility index (Phi) is 4.71. The predicted molar refractivity (Wildman–Crippen MR) is 77.8 cm³/mol. The molecule has 0 radical (unpaired) electrons. The minimum atomic E-state index is -1.18. The van der Waals surface area contributed by atoms with Crippen LogP contribution >= 0.6 is 0 Å². The van der Waals surface area contributed by atoms with Gasteiger partial charge in [-0.15, -0.1) is 0 Å². The van der Waals surface area contributed by atoms with Crippen LogP contribution < -0.4 is 0 Å². The molecule has 1 aromatic rings. The number of nitrogens with zero attached hydrogens (tertiary/aromatic N) is 3. The SMILES string of the molecule is COC(=O)C(CC/C(O)=C/[N+]#N)N1C(=O)c2ccccc2C1=O. The smallest absolute Gasteiger partial charge is 0.387 e. The van der Waals surface area contributed by atoms with Crippen molar-refractivity contribution in [1.29, 1.82) is 5.39 Å². The Bertz CT molecular complexity index is 700. The fourth-order valence-corrected chi connectivity index (χ4v) is 2.40. The maximum atomic E-state index is 12.4. The first-order chi connectivity index (χ1) is 11.0. The molecule has 1 atom stereocenters. The average molecular weight is 316 g/mol. The lowest BCUT2D eigenvalue weighted by Gasteiger charge is -2.23. The Hall–Kier alpha value is -3.21. The van der Waals surface area contributed by atoms with Gasteiger partial charge in [0.05, 0.1) is 18.2 Å². The number of methoxy groups -OCH3 is 1. The van der Waals surface area contributed by atoms with Gasteiger partial charge < -0.3 is 9.84 Å². The first-order valence-electron chi connectivity index (χ1n) is 6.78. The summed E-state index contributed by atoms with van der Waals surface area (Å²) in [7, 11) is 1.15. The number of amides is 2. The van der Waals surface area contributed by atoms with Gasteiger partial charge in [-0.2, -0.15) is 0 Å². The molecule has 8 nitrogen and oxygen atoms in total. The highest BCUT2D eigenvalue weighted by molar-refractivity contribution is 6.22. The largest absolute Gasteiger partial charge is 0.505 e. The number of esters is 1. The molecule has 0 saturated heterocycles. The number of imide groups is 1. The topological polar surface area (TPSA) is 112 Å². The molecule has 118 valence electrons. The summed E-state index contributed by atoms with van der Waals surface area (Å²) >= 11 is 0. The first-order valence-corrected chi connectivity index (χ1v) is 6.78. The van der Waals surface area contributed by atoms with Crippen LogP contribution in [0.1, 0.15) is 33.6 Å². The molecule has 23 heavy (non-hydrogen) atoms. The molecule has 0 spiro atoms. The van der Waals surface area contributed by atoms with E-state index in [1.165, 1.54) is 12.1 Å². The zero-order valence-corrected chi connectivity index (χ0v) is 12.3. The molecule has 1 heterocycles. The number of aliphatic hydroxyl groups is 1. The Labute approximate surface area is 131 Å². The Morgan fingerprint density at radius 2 is 1.91 bits per heavy atom. The van der Waals surface area contributed by atoms with Crippen molar-refractivity contribution >= 4 is 17.8 Å². The lowest BCUT2D eigenvalue weighted by Crippen LogP contribution is -2.45. The monoisotopic (exact) mass is 316 g/mol. The third-order valence-electron chi connectivity index (χ3n) is 3.49. The maximum Gasteiger partial charge on any atom is 0.387 e. The first kappa shape index (κ1) is 16.2. The molecule has 1 aliphatic rings. The standard InChI is InChI=1S/C15H13N3O5/c1-23-15(22)12(7-6-9(19)8-17-16)18-13(20)10-4-2-3-5-11(10)14(18)21/h2-5,8,12H,6-7H2,1H3/p+1/b9-8-. The van der Waals surface area contributed by atoms with Crippen LogP contribution in [0, 0.1) is 5.39 Å². The molecule has 8 heteroatoms. The number of hydrogen-bond acceptors (Lipinski definition) is 6. The van der Waals surface area contributed by atoms with E-state index < -0.39 is 23.8 Å². The summed E-state index contributed by atoms with van der Waals surface area (Å²) in [6.07, 6.45) is 0.671. The van der Waals surface area contributed by atoms with Gasteiger partial charge in [-0.1, -0.05) is 12.1 Å². The van der Waals surface area contributed by atoms with Crippen molar-refractivity contribution in [3.8, 4) is 0 Å². The maximum absolute atomic E-state index is 12.4. The van der Waals surface area contributed by atoms with E-state index in [0.29, 0.717) is 0 Å². The quantitative estimate of drug-likeness (QED) is 0.384. The number of aliphatic hydroxyl groups excluding tert-OH is 1. The fraction of sp³-hybridized carbons (Fsp3) is 0.267. The zero-order valence-electron chi connectivity index (χ0n) is 12.3. The van der Waals surface area contributed by atoms with E-state index in [2.05, 4.69) is 9.71 Å². The number of carbonyl (C=O) groups excluding carboxylic acids is 3. The van der Waals surface area contributed by atoms with E-state index in [4.69, 9.17) is 5.39 Å². The lowest BCUT2D eigenvalue weighted by molar-refractivity contribution is -0.145. The summed E-state index contributed by atoms with van der Waals surface area (Å²) in [4.78, 5) is 40.3. The van der Waals surface area contributed by atoms with Crippen LogP contribution in [-0.2, 0) is 9.53 Å². The van der Waals surface area contributed by atoms with E-state index >= 15 is 0 Å². The van der Waals surface area contributed by atoms with E-state index in [-0.39, 0.29) is 29.7 Å². The Balaban J connectivity index is 2.29. The van der Waals surface area contributed by atoms with Crippen molar-refractivity contribution in [3.63, 3.8) is 0 Å². The van der Waals surface area contributed by atoms with Crippen molar-refractivity contribution in [3.05, 3.63) is 52.3 Å². The third-order valence-corrected chi connectivity index (χ3v) is 3.49. The van der Waals surface area contributed by atoms with E-state index in [1.54, 1.807) is 12.1 Å². The van der Waals surface area contributed by atoms with Crippen LogP contribution in [0.4, 0.5) is 0 Å². The van der Waals surface area contributed by atoms with Crippen molar-refractivity contribution < 1.29 is 24.2 Å². The molecule has 1 N–H and O–H groups in total. The highest BCUT2D eigenvalue weighted by atomic mass is 16.5. The molecule has 1 aliphatic heterocycles. The number of hydrogen-bond donors (Lipinski definition) is 1. The molecule has 0 fully saturated rings. The van der Waals surface area contributed by atoms with E-state index in [0.717, 1.165) is 18.2 Å². The number of rotatable bonds is 5. The molecular weight excluding hydrogens is 302 g/mol. The minimum absolute atomic E-state index is 0.0595. The Morgan fingerprint density at radius 3 is 2.39 bits per heavy atom. The number of diazo groups is 1. The van der Waals surface area contributed by atoms with Crippen LogP contribution in [0.3, 0.4) is 0 Å². The van der Waals surface area contributed by atoms with Gasteiger partial charge >= 0.3 is 12.2 Å². The summed E-state index contributed by atoms with van der Waals surface area (Å²) in [6, 6.07) is 5.08. The molecule has 0 aromatic heterocycles. The van der Waals surface area contributed by atoms with Crippen LogP contribution in [0.15, 0.2) is 36.2 Å². The van der Waals surface area contributed by atoms with Gasteiger partial charge in [0, 0.05) is 6.42 Å². The summed E-state index contributed by atoms with van der Waals surface area (Å²) < 4.78 is 4.65. The molecule has 1 unspecified atom stereocenters. The van der Waals surface area contributed by atoms with Crippen LogP contribution in [0.2, 0.25) is 0 Å². The summed E-state index contributed by atoms with van der Waals surface area (Å²) in [6.45, 7) is 0. The van der Waals surface area contributed by atoms with Crippen molar-refractivity contribution in [2.75, 3.05) is 7.11 Å². The third kappa shape index (κ3) is 3.03. The number of carbonyl (C=O) groups is 3. The second-order valence-corrected chi connectivity index (χ2v) is 4.84. The highest BCUT2D eigenvalue weighted by Crippen LogP contribution is 2.27. The van der Waals surface area contributed by atoms with Gasteiger partial charge in [-0.25, -0.2) is 4.79 Å². The van der Waals surface area contributed by atoms with E-state index in [1.807, 2.05) is 0 Å². The molecule has 0 saturated carbocycles. The summed E-state index contributed by atoms with van der Waals surface area (Å²) in [5.41, 5.74) is 0.438. The number of benzene rings is 1. The fourth-order valence-electron chi connectivity index (χ4n) is 2.40. The van der Waals surface area contributed by atoms with Gasteiger partial charge in [-0.05, 0) is 18.6 Å². The van der Waals surface area contributed by atoms with Crippen molar-refractivity contribution in [2.24, 2.45) is 0 Å². The van der Waals surface area contributed by atoms with Crippen LogP contribution in [-0.4, -0.2) is 40.9 Å². The Morgan fingerprint density at radius 1 is 1.35 bits per heavy atom. The van der Waals surface area contributed by atoms with Crippen LogP contribution in [0.5, 0.6) is 0 Å². The second kappa shape index (κ2) is 6.70. The normalized spacial score (nSPS) is 15.1. The van der Waals surface area contributed by atoms with Gasteiger partial charge in [0.15, 0.2) is 10.7 Å². The minimum Gasteiger partial charge on any atom is -0.505 e. The molecule has 0 bridgehead atoms. The van der Waals surface area contributed by atoms with Crippen LogP contribution in [0.25, 0.3) is 4.98 Å². The van der Waals surface area contributed by atoms with Gasteiger partial charge in [0.2, 0.25) is 5.39 Å². The predicted octanol–water partition coefficient (Wildman–Crippen LogP) is 1.86. The molecular formula is C15H14N3O5+. The number of ether oxygens (including phenoxy) is 1. The van der Waals surface area contributed by atoms with E-state index in [9.17, 15) is 19.5 Å².